The van der Waals surface area contributed by atoms with Crippen LogP contribution < -0.4 is 5.32 Å². The Kier molecular flexibility index (Phi) is 33.6. The number of hydrogen-bond donors (Lipinski definition) is 1. The Balaban J connectivity index is 1.24. The maximum absolute atomic E-state index is 13.1. The van der Waals surface area contributed by atoms with Gasteiger partial charge < -0.3 is 62.2 Å². The number of carbonyl (C=O) groups is 2. The van der Waals surface area contributed by atoms with Gasteiger partial charge in [0.1, 0.15) is 13.2 Å². The fourth-order valence-corrected chi connectivity index (χ4v) is 5.21. The zero-order valence-electron chi connectivity index (χ0n) is 36.3. The van der Waals surface area contributed by atoms with Gasteiger partial charge in [-0.2, -0.15) is 13.2 Å². The van der Waals surface area contributed by atoms with Gasteiger partial charge in [0.2, 0.25) is 0 Å². The summed E-state index contributed by atoms with van der Waals surface area (Å²) in [6.07, 6.45) is 1.51. The van der Waals surface area contributed by atoms with Crippen LogP contribution in [0.25, 0.3) is 0 Å². The standard InChI is InChI=1S/C44H68F3NO14/c1-2-3-4-5-6-14-42(49)61-35-33-59-31-29-57-27-25-55-23-21-53-19-17-51-15-16-52-18-20-54-22-24-56-26-28-58-30-32-60-34-36-62-43(50)40-12-7-8-13-41(40)48-39-11-9-10-38(37-39)44(45,46)47/h7-13,37,48H,2-6,14-36H2,1H3. The minimum atomic E-state index is -4.48. The predicted molar refractivity (Wildman–Crippen MR) is 224 cm³/mol. The van der Waals surface area contributed by atoms with Crippen LogP contribution in [0.1, 0.15) is 61.4 Å². The third kappa shape index (κ3) is 30.6. The molecule has 2 rings (SSSR count). The van der Waals surface area contributed by atoms with Crippen LogP contribution in [-0.2, 0) is 67.8 Å². The molecular formula is C44H68F3NO14. The number of para-hydroxylation sites is 1. The summed E-state index contributed by atoms with van der Waals surface area (Å²) in [4.78, 5) is 24.2. The van der Waals surface area contributed by atoms with E-state index in [1.165, 1.54) is 37.5 Å². The number of carbonyl (C=O) groups excluding carboxylic acids is 2. The Labute approximate surface area is 364 Å². The van der Waals surface area contributed by atoms with Gasteiger partial charge in [-0.3, -0.25) is 4.79 Å². The van der Waals surface area contributed by atoms with Crippen LogP contribution in [0, 0.1) is 0 Å². The van der Waals surface area contributed by atoms with Gasteiger partial charge >= 0.3 is 18.1 Å². The number of rotatable bonds is 42. The number of esters is 2. The normalized spacial score (nSPS) is 11.5. The van der Waals surface area contributed by atoms with Gasteiger partial charge in [0, 0.05) is 12.1 Å². The topological polar surface area (TPSA) is 157 Å². The summed E-state index contributed by atoms with van der Waals surface area (Å²) in [5, 5.41) is 2.86. The van der Waals surface area contributed by atoms with Gasteiger partial charge in [0.15, 0.2) is 0 Å². The number of unbranched alkanes of at least 4 members (excludes halogenated alkanes) is 4. The molecule has 0 atom stereocenters. The number of nitrogens with one attached hydrogen (secondary N) is 1. The minimum absolute atomic E-state index is 0.00719. The van der Waals surface area contributed by atoms with E-state index in [9.17, 15) is 22.8 Å². The van der Waals surface area contributed by atoms with E-state index < -0.39 is 17.7 Å². The van der Waals surface area contributed by atoms with Crippen molar-refractivity contribution in [2.45, 2.75) is 51.6 Å². The molecule has 0 aliphatic heterocycles. The van der Waals surface area contributed by atoms with Crippen LogP contribution in [0.15, 0.2) is 48.5 Å². The fourth-order valence-electron chi connectivity index (χ4n) is 5.21. The molecule has 0 heterocycles. The fraction of sp³-hybridized carbons (Fsp3) is 0.682. The highest BCUT2D eigenvalue weighted by atomic mass is 19.4. The molecule has 0 unspecified atom stereocenters. The number of ether oxygens (including phenoxy) is 12. The molecule has 1 N–H and O–H groups in total. The van der Waals surface area contributed by atoms with Crippen LogP contribution >= 0.6 is 0 Å². The average molecular weight is 892 g/mol. The molecule has 0 aliphatic rings. The van der Waals surface area contributed by atoms with E-state index in [0.717, 1.165) is 25.0 Å². The molecule has 18 heteroatoms. The summed E-state index contributed by atoms with van der Waals surface area (Å²) in [5.74, 6) is -0.795. The lowest BCUT2D eigenvalue weighted by Gasteiger charge is -2.13. The second-order valence-corrected chi connectivity index (χ2v) is 13.4. The van der Waals surface area contributed by atoms with E-state index >= 15 is 0 Å². The molecule has 0 aliphatic carbocycles. The number of hydrogen-bond acceptors (Lipinski definition) is 15. The molecule has 354 valence electrons. The monoisotopic (exact) mass is 891 g/mol. The van der Waals surface area contributed by atoms with E-state index in [2.05, 4.69) is 12.2 Å². The van der Waals surface area contributed by atoms with Gasteiger partial charge in [-0.25, -0.2) is 4.79 Å². The van der Waals surface area contributed by atoms with E-state index in [1.807, 2.05) is 0 Å². The molecular weight excluding hydrogens is 823 g/mol. The Morgan fingerprint density at radius 2 is 0.887 bits per heavy atom. The number of benzene rings is 2. The largest absolute Gasteiger partial charge is 0.463 e. The highest BCUT2D eigenvalue weighted by Gasteiger charge is 2.30. The third-order valence-corrected chi connectivity index (χ3v) is 8.40. The molecule has 0 amide bonds. The van der Waals surface area contributed by atoms with Crippen LogP contribution in [0.3, 0.4) is 0 Å². The first-order valence-electron chi connectivity index (χ1n) is 21.4. The van der Waals surface area contributed by atoms with Gasteiger partial charge in [-0.05, 0) is 36.8 Å². The molecule has 15 nitrogen and oxygen atoms in total. The first kappa shape index (κ1) is 54.7. The Morgan fingerprint density at radius 1 is 0.484 bits per heavy atom. The molecule has 0 saturated heterocycles. The molecule has 0 saturated carbocycles. The molecule has 62 heavy (non-hydrogen) atoms. The van der Waals surface area contributed by atoms with Crippen molar-refractivity contribution >= 4 is 23.3 Å². The summed E-state index contributed by atoms with van der Waals surface area (Å²) < 4.78 is 104. The zero-order valence-corrected chi connectivity index (χ0v) is 36.3. The smallest absolute Gasteiger partial charge is 0.416 e. The maximum Gasteiger partial charge on any atom is 0.416 e. The zero-order chi connectivity index (χ0) is 44.6. The van der Waals surface area contributed by atoms with Crippen molar-refractivity contribution < 1.29 is 79.6 Å². The molecule has 2 aromatic carbocycles. The Morgan fingerprint density at radius 3 is 1.32 bits per heavy atom. The maximum atomic E-state index is 13.1. The molecule has 0 aromatic heterocycles. The lowest BCUT2D eigenvalue weighted by molar-refractivity contribution is -0.145. The summed E-state index contributed by atoms with van der Waals surface area (Å²) in [5.41, 5.74) is -0.104. The quantitative estimate of drug-likeness (QED) is 0.0556. The Hall–Kier alpha value is -3.43. The van der Waals surface area contributed by atoms with Crippen LogP contribution in [0.2, 0.25) is 0 Å². The van der Waals surface area contributed by atoms with Gasteiger partial charge in [-0.15, -0.1) is 0 Å². The molecule has 0 bridgehead atoms. The SMILES string of the molecule is CCCCCCCC(=O)OCCOCCOCCOCCOCCOCCOCCOCCOCCOCCOCCOC(=O)c1ccccc1Nc1cccc(C(F)(F)F)c1. The number of anilines is 2. The lowest BCUT2D eigenvalue weighted by Crippen LogP contribution is -2.16. The van der Waals surface area contributed by atoms with E-state index in [0.29, 0.717) is 138 Å². The summed E-state index contributed by atoms with van der Waals surface area (Å²) in [6.45, 7) is 10.6. The van der Waals surface area contributed by atoms with E-state index in [4.69, 9.17) is 56.8 Å². The molecule has 2 aromatic rings. The van der Waals surface area contributed by atoms with Crippen LogP contribution in [0.5, 0.6) is 0 Å². The van der Waals surface area contributed by atoms with E-state index in [-0.39, 0.29) is 37.0 Å². The predicted octanol–water partition coefficient (Wildman–Crippen LogP) is 6.68. The lowest BCUT2D eigenvalue weighted by atomic mass is 10.1. The highest BCUT2D eigenvalue weighted by Crippen LogP contribution is 2.32. The van der Waals surface area contributed by atoms with Crippen molar-refractivity contribution in [3.05, 3.63) is 59.7 Å². The second kappa shape index (κ2) is 38.1. The third-order valence-electron chi connectivity index (χ3n) is 8.40. The Bertz CT molecular complexity index is 1390. The number of halogens is 3. The van der Waals surface area contributed by atoms with Crippen molar-refractivity contribution in [3.8, 4) is 0 Å². The van der Waals surface area contributed by atoms with Crippen LogP contribution in [0.4, 0.5) is 24.5 Å². The average Bonchev–Trinajstić information content (AvgIpc) is 3.26. The van der Waals surface area contributed by atoms with Crippen molar-refractivity contribution in [1.29, 1.82) is 0 Å². The van der Waals surface area contributed by atoms with Crippen molar-refractivity contribution in [3.63, 3.8) is 0 Å². The van der Waals surface area contributed by atoms with Crippen molar-refractivity contribution in [1.82, 2.24) is 0 Å². The number of alkyl halides is 3. The molecule has 0 radical (unpaired) electrons. The molecule has 0 spiro atoms. The van der Waals surface area contributed by atoms with Crippen molar-refractivity contribution in [2.75, 3.05) is 151 Å². The molecule has 0 fully saturated rings. The van der Waals surface area contributed by atoms with E-state index in [1.54, 1.807) is 18.2 Å². The van der Waals surface area contributed by atoms with Crippen LogP contribution in [-0.4, -0.2) is 157 Å². The summed E-state index contributed by atoms with van der Waals surface area (Å²) in [7, 11) is 0. The van der Waals surface area contributed by atoms with Gasteiger partial charge in [0.05, 0.1) is 149 Å². The second-order valence-electron chi connectivity index (χ2n) is 13.4. The first-order chi connectivity index (χ1) is 30.3. The highest BCUT2D eigenvalue weighted by molar-refractivity contribution is 5.96. The summed E-state index contributed by atoms with van der Waals surface area (Å²) >= 11 is 0. The summed E-state index contributed by atoms with van der Waals surface area (Å²) in [6, 6.07) is 11.1. The van der Waals surface area contributed by atoms with Crippen molar-refractivity contribution in [2.24, 2.45) is 0 Å². The van der Waals surface area contributed by atoms with Gasteiger partial charge in [-0.1, -0.05) is 50.8 Å². The minimum Gasteiger partial charge on any atom is -0.463 e. The van der Waals surface area contributed by atoms with Gasteiger partial charge in [0.25, 0.3) is 0 Å². The first-order valence-corrected chi connectivity index (χ1v) is 21.4.